The first-order chi connectivity index (χ1) is 9.70. The predicted molar refractivity (Wildman–Crippen MR) is 73.7 cm³/mol. The quantitative estimate of drug-likeness (QED) is 0.688. The molecule has 3 rings (SSSR count). The summed E-state index contributed by atoms with van der Waals surface area (Å²) >= 11 is 1.48. The van der Waals surface area contributed by atoms with Crippen LogP contribution in [0.4, 0.5) is 4.39 Å². The number of nitrogens with zero attached hydrogens (tertiary/aromatic N) is 6. The van der Waals surface area contributed by atoms with Crippen LogP contribution in [0.25, 0.3) is 11.0 Å². The number of thioether (sulfide) groups is 1. The molecule has 3 aromatic rings. The summed E-state index contributed by atoms with van der Waals surface area (Å²) in [5, 5.41) is 12.0. The Hall–Kier alpha value is -1.96. The normalized spacial score (nSPS) is 11.3. The molecule has 0 saturated heterocycles. The molecular formula is C12H13FN6S. The van der Waals surface area contributed by atoms with E-state index in [9.17, 15) is 4.39 Å². The summed E-state index contributed by atoms with van der Waals surface area (Å²) in [6, 6.07) is 5.01. The molecule has 0 spiro atoms. The Balaban J connectivity index is 1.95. The predicted octanol–water partition coefficient (Wildman–Crippen LogP) is 2.01. The van der Waals surface area contributed by atoms with Crippen LogP contribution in [0, 0.1) is 5.82 Å². The summed E-state index contributed by atoms with van der Waals surface area (Å²) in [5.74, 6) is 1.12. The summed E-state index contributed by atoms with van der Waals surface area (Å²) < 4.78 is 17.4. The van der Waals surface area contributed by atoms with Gasteiger partial charge >= 0.3 is 0 Å². The summed E-state index contributed by atoms with van der Waals surface area (Å²) in [4.78, 5) is 4.40. The molecule has 0 fully saturated rings. The fraction of sp³-hybridized carbons (Fsp3) is 0.333. The standard InChI is InChI=1S/C12H13FN6S/c1-3-19-9-6-4-5-8(13)11(9)14-10(19)7-20-12-15-16-17-18(12)2/h4-6H,3,7H2,1-2H3. The Labute approximate surface area is 119 Å². The van der Waals surface area contributed by atoms with Crippen LogP contribution in [-0.4, -0.2) is 29.8 Å². The summed E-state index contributed by atoms with van der Waals surface area (Å²) in [6.07, 6.45) is 0. The molecule has 2 aromatic heterocycles. The number of para-hydroxylation sites is 1. The first-order valence-electron chi connectivity index (χ1n) is 6.19. The van der Waals surface area contributed by atoms with E-state index in [1.54, 1.807) is 17.8 Å². The Morgan fingerprint density at radius 3 is 2.90 bits per heavy atom. The van der Waals surface area contributed by atoms with Crippen molar-refractivity contribution in [2.45, 2.75) is 24.4 Å². The van der Waals surface area contributed by atoms with Crippen LogP contribution in [0.3, 0.4) is 0 Å². The topological polar surface area (TPSA) is 61.4 Å². The van der Waals surface area contributed by atoms with Gasteiger partial charge in [0.05, 0.1) is 11.3 Å². The number of tetrazole rings is 1. The number of benzene rings is 1. The van der Waals surface area contributed by atoms with Crippen molar-refractivity contribution < 1.29 is 4.39 Å². The fourth-order valence-corrected chi connectivity index (χ4v) is 2.89. The molecule has 1 aromatic carbocycles. The van der Waals surface area contributed by atoms with Crippen LogP contribution in [0.2, 0.25) is 0 Å². The molecule has 20 heavy (non-hydrogen) atoms. The van der Waals surface area contributed by atoms with Crippen LogP contribution < -0.4 is 0 Å². The maximum absolute atomic E-state index is 13.8. The first kappa shape index (κ1) is 13.0. The second kappa shape index (κ2) is 5.20. The van der Waals surface area contributed by atoms with Crippen molar-refractivity contribution in [1.29, 1.82) is 0 Å². The van der Waals surface area contributed by atoms with Gasteiger partial charge in [-0.25, -0.2) is 14.1 Å². The van der Waals surface area contributed by atoms with Gasteiger partial charge in [-0.15, -0.1) is 5.10 Å². The van der Waals surface area contributed by atoms with E-state index in [0.29, 0.717) is 16.4 Å². The van der Waals surface area contributed by atoms with Crippen molar-refractivity contribution in [3.8, 4) is 0 Å². The highest BCUT2D eigenvalue weighted by molar-refractivity contribution is 7.98. The van der Waals surface area contributed by atoms with Gasteiger partial charge in [0, 0.05) is 13.6 Å². The zero-order valence-electron chi connectivity index (χ0n) is 11.1. The van der Waals surface area contributed by atoms with E-state index in [1.165, 1.54) is 17.8 Å². The number of aryl methyl sites for hydroxylation is 2. The van der Waals surface area contributed by atoms with Gasteiger partial charge in [-0.2, -0.15) is 0 Å². The third-order valence-corrected chi connectivity index (χ3v) is 4.04. The maximum atomic E-state index is 13.8. The highest BCUT2D eigenvalue weighted by Gasteiger charge is 2.14. The van der Waals surface area contributed by atoms with E-state index >= 15 is 0 Å². The Morgan fingerprint density at radius 2 is 2.20 bits per heavy atom. The van der Waals surface area contributed by atoms with Crippen molar-refractivity contribution in [2.75, 3.05) is 0 Å². The van der Waals surface area contributed by atoms with Gasteiger partial charge in [0.1, 0.15) is 11.3 Å². The molecule has 0 aliphatic heterocycles. The van der Waals surface area contributed by atoms with Crippen molar-refractivity contribution >= 4 is 22.8 Å². The average molecular weight is 292 g/mol. The third-order valence-electron chi connectivity index (χ3n) is 3.04. The summed E-state index contributed by atoms with van der Waals surface area (Å²) in [6.45, 7) is 2.76. The van der Waals surface area contributed by atoms with Gasteiger partial charge in [0.25, 0.3) is 0 Å². The lowest BCUT2D eigenvalue weighted by atomic mass is 10.3. The van der Waals surface area contributed by atoms with E-state index in [4.69, 9.17) is 0 Å². The number of fused-ring (bicyclic) bond motifs is 1. The average Bonchev–Trinajstić information content (AvgIpc) is 3.00. The summed E-state index contributed by atoms with van der Waals surface area (Å²) in [7, 11) is 1.78. The molecule has 2 heterocycles. The molecule has 0 atom stereocenters. The van der Waals surface area contributed by atoms with Gasteiger partial charge in [0.15, 0.2) is 5.82 Å². The smallest absolute Gasteiger partial charge is 0.209 e. The van der Waals surface area contributed by atoms with Gasteiger partial charge in [0.2, 0.25) is 5.16 Å². The monoisotopic (exact) mass is 292 g/mol. The lowest BCUT2D eigenvalue weighted by Crippen LogP contribution is -2.01. The number of hydrogen-bond acceptors (Lipinski definition) is 5. The van der Waals surface area contributed by atoms with Crippen LogP contribution >= 0.6 is 11.8 Å². The molecule has 0 bridgehead atoms. The maximum Gasteiger partial charge on any atom is 0.209 e. The second-order valence-electron chi connectivity index (χ2n) is 4.25. The van der Waals surface area contributed by atoms with E-state index in [2.05, 4.69) is 20.5 Å². The number of imidazole rings is 1. The van der Waals surface area contributed by atoms with Gasteiger partial charge in [-0.3, -0.25) is 0 Å². The van der Waals surface area contributed by atoms with Crippen LogP contribution in [0.5, 0.6) is 0 Å². The van der Waals surface area contributed by atoms with Gasteiger partial charge < -0.3 is 4.57 Å². The molecule has 0 aliphatic carbocycles. The zero-order chi connectivity index (χ0) is 14.1. The van der Waals surface area contributed by atoms with Crippen molar-refractivity contribution in [3.63, 3.8) is 0 Å². The zero-order valence-corrected chi connectivity index (χ0v) is 11.9. The molecule has 104 valence electrons. The van der Waals surface area contributed by atoms with Gasteiger partial charge in [-0.05, 0) is 29.5 Å². The minimum absolute atomic E-state index is 0.290. The molecule has 0 unspecified atom stereocenters. The molecular weight excluding hydrogens is 279 g/mol. The van der Waals surface area contributed by atoms with Crippen molar-refractivity contribution in [2.24, 2.45) is 7.05 Å². The lowest BCUT2D eigenvalue weighted by molar-refractivity contribution is 0.637. The molecule has 0 radical (unpaired) electrons. The third kappa shape index (κ3) is 2.15. The van der Waals surface area contributed by atoms with Crippen LogP contribution in [-0.2, 0) is 19.3 Å². The number of rotatable bonds is 4. The number of aromatic nitrogens is 6. The van der Waals surface area contributed by atoms with Gasteiger partial charge in [-0.1, -0.05) is 17.8 Å². The highest BCUT2D eigenvalue weighted by Crippen LogP contribution is 2.24. The van der Waals surface area contributed by atoms with Crippen LogP contribution in [0.1, 0.15) is 12.7 Å². The van der Waals surface area contributed by atoms with Crippen molar-refractivity contribution in [3.05, 3.63) is 29.8 Å². The molecule has 0 N–H and O–H groups in total. The largest absolute Gasteiger partial charge is 0.327 e. The SMILES string of the molecule is CCn1c(CSc2nnnn2C)nc2c(F)cccc21. The number of hydrogen-bond donors (Lipinski definition) is 0. The van der Waals surface area contributed by atoms with Crippen molar-refractivity contribution in [1.82, 2.24) is 29.8 Å². The molecule has 8 heteroatoms. The molecule has 6 nitrogen and oxygen atoms in total. The lowest BCUT2D eigenvalue weighted by Gasteiger charge is -2.04. The molecule has 0 saturated carbocycles. The Kier molecular flexibility index (Phi) is 3.39. The highest BCUT2D eigenvalue weighted by atomic mass is 32.2. The first-order valence-corrected chi connectivity index (χ1v) is 7.18. The fourth-order valence-electron chi connectivity index (χ4n) is 2.10. The Bertz CT molecular complexity index is 750. The number of halogens is 1. The minimum atomic E-state index is -0.290. The summed E-state index contributed by atoms with van der Waals surface area (Å²) in [5.41, 5.74) is 1.24. The Morgan fingerprint density at radius 1 is 1.35 bits per heavy atom. The minimum Gasteiger partial charge on any atom is -0.327 e. The van der Waals surface area contributed by atoms with E-state index < -0.39 is 0 Å². The molecule has 0 aliphatic rings. The van der Waals surface area contributed by atoms with E-state index in [0.717, 1.165) is 17.9 Å². The van der Waals surface area contributed by atoms with E-state index in [-0.39, 0.29) is 5.82 Å². The molecule has 0 amide bonds. The van der Waals surface area contributed by atoms with E-state index in [1.807, 2.05) is 17.6 Å². The second-order valence-corrected chi connectivity index (χ2v) is 5.20. The van der Waals surface area contributed by atoms with Crippen LogP contribution in [0.15, 0.2) is 23.4 Å².